The Morgan fingerprint density at radius 3 is 2.63 bits per heavy atom. The first-order chi connectivity index (χ1) is 13.0. The molecular formula is C18H24N6O3. The predicted molar refractivity (Wildman–Crippen MR) is 102 cm³/mol. The minimum absolute atomic E-state index is 0.234. The van der Waals surface area contributed by atoms with Crippen LogP contribution in [0, 0.1) is 5.92 Å². The van der Waals surface area contributed by atoms with E-state index >= 15 is 0 Å². The minimum atomic E-state index is -0.297. The summed E-state index contributed by atoms with van der Waals surface area (Å²) in [5.41, 5.74) is -0.570. The average molecular weight is 372 g/mol. The van der Waals surface area contributed by atoms with Crippen LogP contribution in [0.1, 0.15) is 12.8 Å². The van der Waals surface area contributed by atoms with Gasteiger partial charge in [0.15, 0.2) is 0 Å². The van der Waals surface area contributed by atoms with Crippen molar-refractivity contribution in [3.05, 3.63) is 39.3 Å². The van der Waals surface area contributed by atoms with Crippen LogP contribution in [0.4, 0.5) is 11.6 Å². The monoisotopic (exact) mass is 372 g/mol. The zero-order chi connectivity index (χ0) is 19.1. The number of methoxy groups -OCH3 is 1. The van der Waals surface area contributed by atoms with E-state index in [-0.39, 0.29) is 17.3 Å². The summed E-state index contributed by atoms with van der Waals surface area (Å²) in [4.78, 5) is 37.4. The van der Waals surface area contributed by atoms with Crippen LogP contribution >= 0.6 is 0 Å². The van der Waals surface area contributed by atoms with Crippen LogP contribution in [0.5, 0.6) is 5.88 Å². The number of aromatic nitrogens is 4. The van der Waals surface area contributed by atoms with Gasteiger partial charge in [0.2, 0.25) is 5.88 Å². The van der Waals surface area contributed by atoms with Gasteiger partial charge in [-0.1, -0.05) is 0 Å². The van der Waals surface area contributed by atoms with E-state index in [0.29, 0.717) is 17.6 Å². The Hall–Kier alpha value is -2.84. The molecule has 2 aliphatic rings. The fourth-order valence-electron chi connectivity index (χ4n) is 4.24. The highest BCUT2D eigenvalue weighted by molar-refractivity contribution is 5.46. The summed E-state index contributed by atoms with van der Waals surface area (Å²) in [6.45, 7) is 2.55. The van der Waals surface area contributed by atoms with Crippen molar-refractivity contribution in [2.24, 2.45) is 20.0 Å². The van der Waals surface area contributed by atoms with Crippen LogP contribution in [0.3, 0.4) is 0 Å². The van der Waals surface area contributed by atoms with Crippen LogP contribution in [0.15, 0.2) is 28.0 Å². The molecule has 2 aromatic heterocycles. The molecule has 4 rings (SSSR count). The van der Waals surface area contributed by atoms with E-state index < -0.39 is 0 Å². The largest absolute Gasteiger partial charge is 0.481 e. The second kappa shape index (κ2) is 6.71. The maximum absolute atomic E-state index is 12.3. The molecule has 2 fully saturated rings. The lowest BCUT2D eigenvalue weighted by Crippen LogP contribution is -2.50. The van der Waals surface area contributed by atoms with E-state index in [1.54, 1.807) is 24.8 Å². The summed E-state index contributed by atoms with van der Waals surface area (Å²) >= 11 is 0. The summed E-state index contributed by atoms with van der Waals surface area (Å²) in [6.07, 6.45) is 3.62. The van der Waals surface area contributed by atoms with Crippen molar-refractivity contribution in [3.63, 3.8) is 0 Å². The molecule has 9 nitrogen and oxygen atoms in total. The number of ether oxygens (including phenoxy) is 1. The number of hydrogen-bond acceptors (Lipinski definition) is 7. The Labute approximate surface area is 156 Å². The molecule has 0 bridgehead atoms. The van der Waals surface area contributed by atoms with Crippen molar-refractivity contribution in [3.8, 4) is 5.88 Å². The fourth-order valence-corrected chi connectivity index (χ4v) is 4.24. The van der Waals surface area contributed by atoms with Crippen molar-refractivity contribution in [2.45, 2.75) is 18.9 Å². The van der Waals surface area contributed by atoms with Crippen LogP contribution in [0.25, 0.3) is 0 Å². The van der Waals surface area contributed by atoms with Crippen molar-refractivity contribution in [2.75, 3.05) is 36.5 Å². The van der Waals surface area contributed by atoms with Gasteiger partial charge in [-0.15, -0.1) is 0 Å². The molecule has 2 aromatic rings. The topological polar surface area (TPSA) is 85.5 Å². The van der Waals surface area contributed by atoms with E-state index in [1.807, 2.05) is 6.07 Å². The molecule has 0 saturated carbocycles. The molecule has 2 aliphatic heterocycles. The Morgan fingerprint density at radius 1 is 1.07 bits per heavy atom. The van der Waals surface area contributed by atoms with Crippen LogP contribution in [-0.2, 0) is 14.1 Å². The molecule has 2 saturated heterocycles. The molecule has 0 amide bonds. The molecule has 0 radical (unpaired) electrons. The summed E-state index contributed by atoms with van der Waals surface area (Å²) in [5.74, 6) is 2.62. The summed E-state index contributed by atoms with van der Waals surface area (Å²) < 4.78 is 7.91. The summed E-state index contributed by atoms with van der Waals surface area (Å²) in [6, 6.07) is 3.64. The summed E-state index contributed by atoms with van der Waals surface area (Å²) in [5, 5.41) is 0. The molecule has 9 heteroatoms. The van der Waals surface area contributed by atoms with Crippen molar-refractivity contribution >= 4 is 11.6 Å². The van der Waals surface area contributed by atoms with Gasteiger partial charge in [-0.05, 0) is 18.8 Å². The van der Waals surface area contributed by atoms with Gasteiger partial charge in [-0.3, -0.25) is 13.9 Å². The van der Waals surface area contributed by atoms with Crippen molar-refractivity contribution < 1.29 is 4.74 Å². The molecule has 0 aromatic carbocycles. The van der Waals surface area contributed by atoms with E-state index in [4.69, 9.17) is 4.74 Å². The maximum atomic E-state index is 12.3. The lowest BCUT2D eigenvalue weighted by Gasteiger charge is -2.40. The third kappa shape index (κ3) is 2.96. The third-order valence-electron chi connectivity index (χ3n) is 5.82. The van der Waals surface area contributed by atoms with Gasteiger partial charge in [-0.2, -0.15) is 0 Å². The zero-order valence-electron chi connectivity index (χ0n) is 15.8. The number of fused-ring (bicyclic) bond motifs is 1. The van der Waals surface area contributed by atoms with Crippen molar-refractivity contribution in [1.82, 2.24) is 19.1 Å². The Bertz CT molecular complexity index is 968. The molecule has 144 valence electrons. The number of hydrogen-bond donors (Lipinski definition) is 0. The number of piperidine rings is 1. The van der Waals surface area contributed by atoms with Gasteiger partial charge < -0.3 is 14.5 Å². The standard InChI is InChI=1S/C18H24N6O3/c1-21-16(9-17(25)22(2)18(21)26)24-7-5-12-4-6-23(10-13(12)24)14-8-15(27-3)20-11-19-14/h8-9,11-13H,4-7,10H2,1-3H3. The van der Waals surface area contributed by atoms with Gasteiger partial charge in [0.25, 0.3) is 5.56 Å². The van der Waals surface area contributed by atoms with Gasteiger partial charge in [0.05, 0.1) is 13.2 Å². The lowest BCUT2D eigenvalue weighted by atomic mass is 9.92. The Morgan fingerprint density at radius 2 is 1.85 bits per heavy atom. The SMILES string of the molecule is COc1cc(N2CCC3CCN(c4cc(=O)n(C)c(=O)n4C)C3C2)ncn1. The normalized spacial score (nSPS) is 22.0. The van der Waals surface area contributed by atoms with Gasteiger partial charge >= 0.3 is 5.69 Å². The highest BCUT2D eigenvalue weighted by atomic mass is 16.5. The molecule has 2 unspecified atom stereocenters. The first-order valence-electron chi connectivity index (χ1n) is 9.14. The molecule has 0 N–H and O–H groups in total. The molecule has 2 atom stereocenters. The first kappa shape index (κ1) is 17.6. The van der Waals surface area contributed by atoms with Crippen LogP contribution in [-0.4, -0.2) is 51.9 Å². The lowest BCUT2D eigenvalue weighted by molar-refractivity contribution is 0.382. The number of anilines is 2. The predicted octanol–water partition coefficient (Wildman–Crippen LogP) is -0.0122. The minimum Gasteiger partial charge on any atom is -0.481 e. The van der Waals surface area contributed by atoms with Gasteiger partial charge in [-0.25, -0.2) is 14.8 Å². The summed E-state index contributed by atoms with van der Waals surface area (Å²) in [7, 11) is 4.82. The molecule has 27 heavy (non-hydrogen) atoms. The quantitative estimate of drug-likeness (QED) is 0.749. The maximum Gasteiger partial charge on any atom is 0.332 e. The average Bonchev–Trinajstić information content (AvgIpc) is 3.12. The Kier molecular flexibility index (Phi) is 4.37. The highest BCUT2D eigenvalue weighted by Crippen LogP contribution is 2.35. The van der Waals surface area contributed by atoms with Gasteiger partial charge in [0, 0.05) is 45.9 Å². The highest BCUT2D eigenvalue weighted by Gasteiger charge is 2.40. The second-order valence-electron chi connectivity index (χ2n) is 7.20. The van der Waals surface area contributed by atoms with E-state index in [0.717, 1.165) is 42.9 Å². The zero-order valence-corrected chi connectivity index (χ0v) is 15.8. The third-order valence-corrected chi connectivity index (χ3v) is 5.82. The fraction of sp³-hybridized carbons (Fsp3) is 0.556. The van der Waals surface area contributed by atoms with E-state index in [2.05, 4.69) is 19.8 Å². The Balaban J connectivity index is 1.65. The van der Waals surface area contributed by atoms with Gasteiger partial charge in [0.1, 0.15) is 18.0 Å². The van der Waals surface area contributed by atoms with Crippen LogP contribution in [0.2, 0.25) is 0 Å². The van der Waals surface area contributed by atoms with E-state index in [9.17, 15) is 9.59 Å². The number of rotatable bonds is 3. The van der Waals surface area contributed by atoms with Crippen LogP contribution < -0.4 is 25.8 Å². The molecule has 0 spiro atoms. The second-order valence-corrected chi connectivity index (χ2v) is 7.20. The first-order valence-corrected chi connectivity index (χ1v) is 9.14. The smallest absolute Gasteiger partial charge is 0.332 e. The molecular weight excluding hydrogens is 348 g/mol. The van der Waals surface area contributed by atoms with E-state index in [1.165, 1.54) is 13.4 Å². The number of nitrogens with zero attached hydrogens (tertiary/aromatic N) is 6. The molecule has 4 heterocycles. The van der Waals surface area contributed by atoms with Crippen molar-refractivity contribution in [1.29, 1.82) is 0 Å². The molecule has 0 aliphatic carbocycles.